The monoisotopic (exact) mass is 282 g/mol. The molecule has 1 heterocycles. The third-order valence-corrected chi connectivity index (χ3v) is 3.36. The fourth-order valence-corrected chi connectivity index (χ4v) is 2.20. The summed E-state index contributed by atoms with van der Waals surface area (Å²) in [4.78, 5) is 0. The van der Waals surface area contributed by atoms with Gasteiger partial charge in [0.2, 0.25) is 0 Å². The molecule has 0 bridgehead atoms. The average Bonchev–Trinajstić information content (AvgIpc) is 2.79. The molecule has 0 radical (unpaired) electrons. The largest absolute Gasteiger partial charge is 0.350 e. The summed E-state index contributed by atoms with van der Waals surface area (Å²) in [5.74, 6) is 0. The van der Waals surface area contributed by atoms with E-state index in [1.54, 1.807) is 6.07 Å². The number of halogens is 2. The zero-order valence-corrected chi connectivity index (χ0v) is 11.8. The summed E-state index contributed by atoms with van der Waals surface area (Å²) in [6.07, 6.45) is 4.18. The highest BCUT2D eigenvalue weighted by Gasteiger charge is 2.03. The van der Waals surface area contributed by atoms with Crippen LogP contribution in [-0.4, -0.2) is 11.1 Å². The van der Waals surface area contributed by atoms with Gasteiger partial charge in [0.1, 0.15) is 0 Å². The van der Waals surface area contributed by atoms with Crippen molar-refractivity contribution in [3.8, 4) is 0 Å². The molecule has 2 nitrogen and oxygen atoms in total. The SMILES string of the molecule is CCNCc1ccn(Cc2cc(Cl)ccc2Cl)c1. The summed E-state index contributed by atoms with van der Waals surface area (Å²) >= 11 is 12.1. The van der Waals surface area contributed by atoms with Gasteiger partial charge in [0, 0.05) is 35.5 Å². The van der Waals surface area contributed by atoms with E-state index in [2.05, 4.69) is 35.3 Å². The van der Waals surface area contributed by atoms with Crippen LogP contribution in [-0.2, 0) is 13.1 Å². The molecule has 0 spiro atoms. The molecule has 4 heteroatoms. The Morgan fingerprint density at radius 3 is 2.83 bits per heavy atom. The first-order valence-corrected chi connectivity index (χ1v) is 6.74. The van der Waals surface area contributed by atoms with Crippen molar-refractivity contribution in [1.29, 1.82) is 0 Å². The van der Waals surface area contributed by atoms with Crippen molar-refractivity contribution in [3.05, 3.63) is 57.8 Å². The van der Waals surface area contributed by atoms with Crippen molar-refractivity contribution >= 4 is 23.2 Å². The van der Waals surface area contributed by atoms with Gasteiger partial charge in [0.05, 0.1) is 0 Å². The Balaban J connectivity index is 2.08. The Morgan fingerprint density at radius 1 is 1.22 bits per heavy atom. The van der Waals surface area contributed by atoms with Crippen LogP contribution in [0.2, 0.25) is 10.0 Å². The van der Waals surface area contributed by atoms with Gasteiger partial charge in [-0.3, -0.25) is 0 Å². The van der Waals surface area contributed by atoms with E-state index in [-0.39, 0.29) is 0 Å². The van der Waals surface area contributed by atoms with Crippen LogP contribution in [0.15, 0.2) is 36.7 Å². The van der Waals surface area contributed by atoms with Crippen molar-refractivity contribution in [1.82, 2.24) is 9.88 Å². The summed E-state index contributed by atoms with van der Waals surface area (Å²) in [6.45, 7) is 4.71. The molecule has 18 heavy (non-hydrogen) atoms. The molecule has 1 aromatic carbocycles. The summed E-state index contributed by atoms with van der Waals surface area (Å²) < 4.78 is 2.12. The molecule has 0 aliphatic rings. The highest BCUT2D eigenvalue weighted by molar-refractivity contribution is 6.33. The van der Waals surface area contributed by atoms with Crippen LogP contribution >= 0.6 is 23.2 Å². The zero-order chi connectivity index (χ0) is 13.0. The van der Waals surface area contributed by atoms with Crippen LogP contribution in [0.3, 0.4) is 0 Å². The summed E-state index contributed by atoms with van der Waals surface area (Å²) in [7, 11) is 0. The maximum absolute atomic E-state index is 6.15. The topological polar surface area (TPSA) is 17.0 Å². The van der Waals surface area contributed by atoms with Crippen LogP contribution in [0, 0.1) is 0 Å². The van der Waals surface area contributed by atoms with Gasteiger partial charge in [-0.1, -0.05) is 30.1 Å². The van der Waals surface area contributed by atoms with E-state index >= 15 is 0 Å². The Bertz CT molecular complexity index is 520. The second-order valence-corrected chi connectivity index (χ2v) is 5.05. The number of hydrogen-bond acceptors (Lipinski definition) is 1. The number of nitrogens with zero attached hydrogens (tertiary/aromatic N) is 1. The highest BCUT2D eigenvalue weighted by atomic mass is 35.5. The molecule has 0 saturated heterocycles. The van der Waals surface area contributed by atoms with E-state index in [9.17, 15) is 0 Å². The number of nitrogens with one attached hydrogen (secondary N) is 1. The van der Waals surface area contributed by atoms with Crippen LogP contribution in [0.5, 0.6) is 0 Å². The van der Waals surface area contributed by atoms with Crippen molar-refractivity contribution in [2.45, 2.75) is 20.0 Å². The molecule has 1 aromatic heterocycles. The minimum absolute atomic E-state index is 0.717. The van der Waals surface area contributed by atoms with Crippen LogP contribution < -0.4 is 5.32 Å². The summed E-state index contributed by atoms with van der Waals surface area (Å²) in [5.41, 5.74) is 2.31. The molecule has 0 aliphatic heterocycles. The summed E-state index contributed by atoms with van der Waals surface area (Å²) in [6, 6.07) is 7.66. The van der Waals surface area contributed by atoms with E-state index in [1.165, 1.54) is 5.56 Å². The maximum Gasteiger partial charge on any atom is 0.0485 e. The minimum Gasteiger partial charge on any atom is -0.350 e. The highest BCUT2D eigenvalue weighted by Crippen LogP contribution is 2.21. The van der Waals surface area contributed by atoms with Crippen LogP contribution in [0.25, 0.3) is 0 Å². The van der Waals surface area contributed by atoms with E-state index in [0.717, 1.165) is 35.2 Å². The fraction of sp³-hybridized carbons (Fsp3) is 0.286. The van der Waals surface area contributed by atoms with E-state index < -0.39 is 0 Å². The van der Waals surface area contributed by atoms with Crippen molar-refractivity contribution < 1.29 is 0 Å². The minimum atomic E-state index is 0.717. The van der Waals surface area contributed by atoms with Gasteiger partial charge < -0.3 is 9.88 Å². The normalized spacial score (nSPS) is 10.8. The molecule has 2 rings (SSSR count). The fourth-order valence-electron chi connectivity index (χ4n) is 1.82. The number of hydrogen-bond donors (Lipinski definition) is 1. The molecular weight excluding hydrogens is 267 g/mol. The quantitative estimate of drug-likeness (QED) is 0.879. The van der Waals surface area contributed by atoms with Gasteiger partial charge in [-0.25, -0.2) is 0 Å². The van der Waals surface area contributed by atoms with Crippen molar-refractivity contribution in [2.24, 2.45) is 0 Å². The smallest absolute Gasteiger partial charge is 0.0485 e. The molecule has 96 valence electrons. The van der Waals surface area contributed by atoms with E-state index in [1.807, 2.05) is 12.1 Å². The van der Waals surface area contributed by atoms with Gasteiger partial charge in [-0.15, -0.1) is 0 Å². The lowest BCUT2D eigenvalue weighted by Crippen LogP contribution is -2.11. The molecule has 2 aromatic rings. The van der Waals surface area contributed by atoms with Crippen molar-refractivity contribution in [3.63, 3.8) is 0 Å². The molecular formula is C14H16Cl2N2. The third-order valence-electron chi connectivity index (χ3n) is 2.75. The predicted molar refractivity (Wildman–Crippen MR) is 77.4 cm³/mol. The molecule has 0 atom stereocenters. The zero-order valence-electron chi connectivity index (χ0n) is 10.3. The Hall–Kier alpha value is -0.960. The predicted octanol–water partition coefficient (Wildman–Crippen LogP) is 3.95. The first kappa shape index (κ1) is 13.5. The van der Waals surface area contributed by atoms with Crippen LogP contribution in [0.1, 0.15) is 18.1 Å². The third kappa shape index (κ3) is 3.52. The Kier molecular flexibility index (Phi) is 4.70. The van der Waals surface area contributed by atoms with Gasteiger partial charge in [-0.05, 0) is 41.9 Å². The Labute approximate surface area is 118 Å². The number of rotatable bonds is 5. The molecule has 0 saturated carbocycles. The molecule has 0 unspecified atom stereocenters. The Morgan fingerprint density at radius 2 is 2.06 bits per heavy atom. The van der Waals surface area contributed by atoms with Gasteiger partial charge in [-0.2, -0.15) is 0 Å². The van der Waals surface area contributed by atoms with Gasteiger partial charge >= 0.3 is 0 Å². The standard InChI is InChI=1S/C14H16Cl2N2/c1-2-17-8-11-5-6-18(9-11)10-12-7-13(15)3-4-14(12)16/h3-7,9,17H,2,8,10H2,1H3. The average molecular weight is 283 g/mol. The van der Waals surface area contributed by atoms with Gasteiger partial charge in [0.25, 0.3) is 0 Å². The molecule has 0 amide bonds. The van der Waals surface area contributed by atoms with E-state index in [4.69, 9.17) is 23.2 Å². The lowest BCUT2D eigenvalue weighted by Gasteiger charge is -2.06. The number of benzene rings is 1. The van der Waals surface area contributed by atoms with Crippen LogP contribution in [0.4, 0.5) is 0 Å². The second-order valence-electron chi connectivity index (χ2n) is 4.21. The lowest BCUT2D eigenvalue weighted by atomic mass is 10.2. The molecule has 0 fully saturated rings. The first-order valence-electron chi connectivity index (χ1n) is 5.98. The number of aromatic nitrogens is 1. The lowest BCUT2D eigenvalue weighted by molar-refractivity contribution is 0.721. The van der Waals surface area contributed by atoms with Gasteiger partial charge in [0.15, 0.2) is 0 Å². The molecule has 0 aliphatic carbocycles. The molecule has 1 N–H and O–H groups in total. The van der Waals surface area contributed by atoms with Crippen molar-refractivity contribution in [2.75, 3.05) is 6.54 Å². The van der Waals surface area contributed by atoms with E-state index in [0.29, 0.717) is 0 Å². The maximum atomic E-state index is 6.15. The first-order chi connectivity index (χ1) is 8.69. The second kappa shape index (κ2) is 6.28. The summed E-state index contributed by atoms with van der Waals surface area (Å²) in [5, 5.41) is 4.77.